The van der Waals surface area contributed by atoms with Gasteiger partial charge in [0.05, 0.1) is 0 Å². The Hall–Kier alpha value is -0.810. The van der Waals surface area contributed by atoms with Crippen molar-refractivity contribution in [2.75, 3.05) is 0 Å². The van der Waals surface area contributed by atoms with Gasteiger partial charge in [-0.1, -0.05) is 20.8 Å². The number of carbonyl (C=O) groups is 1. The molecule has 0 radical (unpaired) electrons. The van der Waals surface area contributed by atoms with Gasteiger partial charge in [-0.05, 0) is 78.9 Å². The molecule has 0 spiro atoms. The van der Waals surface area contributed by atoms with Crippen molar-refractivity contribution in [2.24, 2.45) is 46.3 Å². The fourth-order valence-corrected chi connectivity index (χ4v) is 8.61. The summed E-state index contributed by atoms with van der Waals surface area (Å²) in [4.78, 5) is 11.0. The van der Waals surface area contributed by atoms with Gasteiger partial charge in [0, 0.05) is 31.6 Å². The summed E-state index contributed by atoms with van der Waals surface area (Å²) in [5.74, 6) is -7.66. The average Bonchev–Trinajstić information content (AvgIpc) is 2.98. The van der Waals surface area contributed by atoms with Crippen LogP contribution in [0.3, 0.4) is 0 Å². The normalized spacial score (nSPS) is 47.6. The van der Waals surface area contributed by atoms with E-state index in [0.29, 0.717) is 19.3 Å². The second-order valence-corrected chi connectivity index (χ2v) is 11.6. The monoisotopic (exact) mass is 432 g/mol. The van der Waals surface area contributed by atoms with Gasteiger partial charge < -0.3 is 5.11 Å². The Morgan fingerprint density at radius 2 is 1.63 bits per heavy atom. The number of carboxylic acids is 1. The molecular weight excluding hydrogens is 396 g/mol. The molecule has 4 saturated carbocycles. The lowest BCUT2D eigenvalue weighted by atomic mass is 9.43. The van der Waals surface area contributed by atoms with Crippen LogP contribution in [-0.4, -0.2) is 22.9 Å². The van der Waals surface area contributed by atoms with Crippen LogP contribution in [0.15, 0.2) is 0 Å². The van der Waals surface area contributed by atoms with E-state index in [0.717, 1.165) is 19.3 Å². The molecule has 4 fully saturated rings. The van der Waals surface area contributed by atoms with Gasteiger partial charge in [-0.15, -0.1) is 0 Å². The summed E-state index contributed by atoms with van der Waals surface area (Å²) in [6, 6.07) is 0. The standard InChI is InChI=1S/C24H36F4O2/c1-14(4-7-19(29)30)16-5-6-17-20-18(8-9-22(16,17)3)21(2)10-11-23(25,26)12-15(21)13-24(20,27)28/h14-18,20H,4-13H2,1-3H3,(H,29,30)/t14-,15+,16-,17+,18+,20+,21?,22-/m1/s1. The second-order valence-electron chi connectivity index (χ2n) is 11.6. The van der Waals surface area contributed by atoms with Crippen molar-refractivity contribution in [1.29, 1.82) is 0 Å². The minimum atomic E-state index is -2.90. The third kappa shape index (κ3) is 3.39. The highest BCUT2D eigenvalue weighted by Gasteiger charge is 2.69. The molecule has 0 saturated heterocycles. The molecule has 0 aliphatic heterocycles. The van der Waals surface area contributed by atoms with Crippen LogP contribution in [0.4, 0.5) is 17.6 Å². The van der Waals surface area contributed by atoms with E-state index < -0.39 is 41.5 Å². The van der Waals surface area contributed by atoms with E-state index in [2.05, 4.69) is 13.8 Å². The van der Waals surface area contributed by atoms with E-state index in [1.165, 1.54) is 0 Å². The van der Waals surface area contributed by atoms with Gasteiger partial charge in [0.15, 0.2) is 0 Å². The number of halogens is 4. The second kappa shape index (κ2) is 7.10. The number of aliphatic carboxylic acids is 1. The molecule has 1 unspecified atom stereocenters. The molecule has 1 N–H and O–H groups in total. The highest BCUT2D eigenvalue weighted by Crippen LogP contribution is 2.71. The third-order valence-electron chi connectivity index (χ3n) is 10.2. The molecule has 172 valence electrons. The maximum absolute atomic E-state index is 15.6. The van der Waals surface area contributed by atoms with Crippen molar-refractivity contribution in [3.05, 3.63) is 0 Å². The first-order chi connectivity index (χ1) is 13.8. The summed E-state index contributed by atoms with van der Waals surface area (Å²) in [7, 11) is 0. The van der Waals surface area contributed by atoms with Crippen LogP contribution in [0.1, 0.15) is 85.0 Å². The lowest BCUT2D eigenvalue weighted by Gasteiger charge is -2.63. The zero-order valence-electron chi connectivity index (χ0n) is 18.4. The van der Waals surface area contributed by atoms with Gasteiger partial charge in [-0.25, -0.2) is 17.6 Å². The van der Waals surface area contributed by atoms with E-state index in [-0.39, 0.29) is 48.3 Å². The largest absolute Gasteiger partial charge is 0.481 e. The van der Waals surface area contributed by atoms with Crippen molar-refractivity contribution in [1.82, 2.24) is 0 Å². The predicted octanol–water partition coefficient (Wildman–Crippen LogP) is 7.03. The van der Waals surface area contributed by atoms with E-state index in [1.807, 2.05) is 6.92 Å². The molecule has 6 heteroatoms. The average molecular weight is 433 g/mol. The van der Waals surface area contributed by atoms with Gasteiger partial charge in [0.1, 0.15) is 0 Å². The quantitative estimate of drug-likeness (QED) is 0.484. The van der Waals surface area contributed by atoms with E-state index in [1.54, 1.807) is 0 Å². The Balaban J connectivity index is 1.61. The van der Waals surface area contributed by atoms with Crippen molar-refractivity contribution >= 4 is 5.97 Å². The molecule has 8 atom stereocenters. The Bertz CT molecular complexity index is 695. The Morgan fingerprint density at radius 3 is 2.30 bits per heavy atom. The van der Waals surface area contributed by atoms with Crippen LogP contribution < -0.4 is 0 Å². The van der Waals surface area contributed by atoms with Crippen LogP contribution >= 0.6 is 0 Å². The molecule has 4 aliphatic carbocycles. The highest BCUT2D eigenvalue weighted by atomic mass is 19.3. The summed E-state index contributed by atoms with van der Waals surface area (Å²) in [5.41, 5.74) is -0.618. The molecule has 4 aliphatic rings. The van der Waals surface area contributed by atoms with Crippen LogP contribution in [0.25, 0.3) is 0 Å². The first-order valence-corrected chi connectivity index (χ1v) is 11.8. The maximum atomic E-state index is 15.6. The zero-order valence-corrected chi connectivity index (χ0v) is 18.4. The van der Waals surface area contributed by atoms with Crippen LogP contribution in [0, 0.1) is 46.3 Å². The number of hydrogen-bond acceptors (Lipinski definition) is 1. The Kier molecular flexibility index (Phi) is 5.30. The topological polar surface area (TPSA) is 37.3 Å². The van der Waals surface area contributed by atoms with Crippen LogP contribution in [0.5, 0.6) is 0 Å². The number of carboxylic acid groups (broad SMARTS) is 1. The van der Waals surface area contributed by atoms with Gasteiger partial charge in [-0.2, -0.15) is 0 Å². The fraction of sp³-hybridized carbons (Fsp3) is 0.958. The maximum Gasteiger partial charge on any atom is 0.303 e. The molecule has 4 rings (SSSR count). The van der Waals surface area contributed by atoms with Gasteiger partial charge >= 0.3 is 5.97 Å². The smallest absolute Gasteiger partial charge is 0.303 e. The number of alkyl halides is 4. The Labute approximate surface area is 177 Å². The summed E-state index contributed by atoms with van der Waals surface area (Å²) in [6.45, 7) is 6.25. The molecule has 0 amide bonds. The van der Waals surface area contributed by atoms with Gasteiger partial charge in [0.25, 0.3) is 5.92 Å². The number of fused-ring (bicyclic) bond motifs is 5. The highest BCUT2D eigenvalue weighted by molar-refractivity contribution is 5.66. The van der Waals surface area contributed by atoms with Crippen molar-refractivity contribution in [3.63, 3.8) is 0 Å². The molecule has 0 aromatic heterocycles. The minimum Gasteiger partial charge on any atom is -0.481 e. The molecule has 0 aromatic carbocycles. The van der Waals surface area contributed by atoms with Crippen molar-refractivity contribution < 1.29 is 27.5 Å². The Morgan fingerprint density at radius 1 is 0.967 bits per heavy atom. The molecular formula is C24H36F4O2. The zero-order chi connectivity index (χ0) is 22.1. The van der Waals surface area contributed by atoms with Gasteiger partial charge in [-0.3, -0.25) is 4.79 Å². The summed E-state index contributed by atoms with van der Waals surface area (Å²) in [5, 5.41) is 9.05. The van der Waals surface area contributed by atoms with E-state index >= 15 is 8.78 Å². The van der Waals surface area contributed by atoms with Gasteiger partial charge in [0.2, 0.25) is 5.92 Å². The lowest BCUT2D eigenvalue weighted by Crippen LogP contribution is -2.61. The minimum absolute atomic E-state index is 0.0938. The molecule has 0 aromatic rings. The SMILES string of the molecule is C[C@H](CCC(=O)O)[C@H]1CC[C@H]2[C@H]3[C@H](CC[C@]12C)C1(C)CCC(F)(F)C[C@H]1CC3(F)F. The molecule has 2 nitrogen and oxygen atoms in total. The van der Waals surface area contributed by atoms with Crippen molar-refractivity contribution in [2.45, 2.75) is 96.8 Å². The summed E-state index contributed by atoms with van der Waals surface area (Å²) in [6.07, 6.45) is 3.27. The first-order valence-electron chi connectivity index (χ1n) is 11.8. The van der Waals surface area contributed by atoms with Crippen molar-refractivity contribution in [3.8, 4) is 0 Å². The van der Waals surface area contributed by atoms with E-state index in [4.69, 9.17) is 5.11 Å². The molecule has 0 heterocycles. The predicted molar refractivity (Wildman–Crippen MR) is 107 cm³/mol. The summed E-state index contributed by atoms with van der Waals surface area (Å²) >= 11 is 0. The number of rotatable bonds is 4. The third-order valence-corrected chi connectivity index (χ3v) is 10.2. The number of hydrogen-bond donors (Lipinski definition) is 1. The molecule has 0 bridgehead atoms. The molecule has 30 heavy (non-hydrogen) atoms. The summed E-state index contributed by atoms with van der Waals surface area (Å²) < 4.78 is 59.4. The first kappa shape index (κ1) is 22.4. The fourth-order valence-electron chi connectivity index (χ4n) is 8.61. The lowest BCUT2D eigenvalue weighted by molar-refractivity contribution is -0.249. The van der Waals surface area contributed by atoms with Crippen LogP contribution in [-0.2, 0) is 4.79 Å². The van der Waals surface area contributed by atoms with Crippen LogP contribution in [0.2, 0.25) is 0 Å². The van der Waals surface area contributed by atoms with E-state index in [9.17, 15) is 13.6 Å².